The highest BCUT2D eigenvalue weighted by Crippen LogP contribution is 2.29. The lowest BCUT2D eigenvalue weighted by Crippen LogP contribution is -2.27. The maximum Gasteiger partial charge on any atom is 0.433 e. The van der Waals surface area contributed by atoms with Crippen LogP contribution in [0.4, 0.5) is 13.2 Å². The van der Waals surface area contributed by atoms with E-state index in [1.165, 1.54) is 0 Å². The molecule has 120 valence electrons. The second-order valence-corrected chi connectivity index (χ2v) is 5.42. The summed E-state index contributed by atoms with van der Waals surface area (Å²) in [4.78, 5) is 15.8. The van der Waals surface area contributed by atoms with Crippen molar-refractivity contribution >= 4 is 29.0 Å². The van der Waals surface area contributed by atoms with Gasteiger partial charge in [-0.05, 0) is 11.6 Å². The van der Waals surface area contributed by atoms with E-state index in [9.17, 15) is 18.0 Å². The van der Waals surface area contributed by atoms with Gasteiger partial charge in [-0.2, -0.15) is 27.8 Å². The van der Waals surface area contributed by atoms with Gasteiger partial charge in [0.15, 0.2) is 5.69 Å². The standard InChI is InChI=1S/C13H7Cl2F3N4O/c14-8-3-1-2-7(11(8)15)5-21-10(23)4-9(13(16,17)18)22-12(21)19-6-20-22/h1-4,6H,5H2. The molecule has 0 atom stereocenters. The Morgan fingerprint density at radius 2 is 1.96 bits per heavy atom. The van der Waals surface area contributed by atoms with E-state index < -0.39 is 17.4 Å². The van der Waals surface area contributed by atoms with Gasteiger partial charge in [0.1, 0.15) is 6.33 Å². The Hall–Kier alpha value is -2.06. The minimum absolute atomic E-state index is 0.0848. The third kappa shape index (κ3) is 2.79. The van der Waals surface area contributed by atoms with E-state index in [0.29, 0.717) is 16.1 Å². The minimum atomic E-state index is -4.72. The summed E-state index contributed by atoms with van der Waals surface area (Å²) in [6.07, 6.45) is -3.78. The van der Waals surface area contributed by atoms with Crippen molar-refractivity contribution in [2.24, 2.45) is 0 Å². The van der Waals surface area contributed by atoms with Crippen molar-refractivity contribution in [2.45, 2.75) is 12.7 Å². The molecule has 0 aliphatic heterocycles. The Morgan fingerprint density at radius 1 is 1.22 bits per heavy atom. The molecule has 0 saturated carbocycles. The van der Waals surface area contributed by atoms with Gasteiger partial charge in [0, 0.05) is 6.07 Å². The average molecular weight is 363 g/mol. The summed E-state index contributed by atoms with van der Waals surface area (Å²) in [5.41, 5.74) is -1.58. The van der Waals surface area contributed by atoms with Crippen molar-refractivity contribution in [1.29, 1.82) is 0 Å². The highest BCUT2D eigenvalue weighted by atomic mass is 35.5. The number of nitrogens with zero attached hydrogens (tertiary/aromatic N) is 4. The van der Waals surface area contributed by atoms with Crippen LogP contribution in [0.3, 0.4) is 0 Å². The fourth-order valence-electron chi connectivity index (χ4n) is 2.14. The number of halogens is 5. The monoisotopic (exact) mass is 362 g/mol. The molecule has 0 amide bonds. The van der Waals surface area contributed by atoms with Crippen molar-refractivity contribution in [3.63, 3.8) is 0 Å². The molecule has 0 N–H and O–H groups in total. The molecular formula is C13H7Cl2F3N4O. The van der Waals surface area contributed by atoms with Crippen LogP contribution < -0.4 is 5.56 Å². The molecule has 3 aromatic rings. The largest absolute Gasteiger partial charge is 0.433 e. The van der Waals surface area contributed by atoms with Crippen molar-refractivity contribution in [3.05, 3.63) is 62.2 Å². The maximum absolute atomic E-state index is 13.0. The van der Waals surface area contributed by atoms with Gasteiger partial charge < -0.3 is 0 Å². The molecule has 0 bridgehead atoms. The van der Waals surface area contributed by atoms with Gasteiger partial charge in [0.2, 0.25) is 5.78 Å². The summed E-state index contributed by atoms with van der Waals surface area (Å²) in [5.74, 6) is -0.235. The lowest BCUT2D eigenvalue weighted by atomic mass is 10.2. The van der Waals surface area contributed by atoms with Gasteiger partial charge in [-0.25, -0.2) is 0 Å². The quantitative estimate of drug-likeness (QED) is 0.702. The molecule has 0 aliphatic carbocycles. The summed E-state index contributed by atoms with van der Waals surface area (Å²) in [5, 5.41) is 4.04. The lowest BCUT2D eigenvalue weighted by Gasteiger charge is -2.13. The predicted octanol–water partition coefficient (Wildman–Crippen LogP) is 3.26. The Kier molecular flexibility index (Phi) is 3.81. The van der Waals surface area contributed by atoms with Crippen molar-refractivity contribution < 1.29 is 13.2 Å². The first-order valence-electron chi connectivity index (χ1n) is 6.22. The summed E-state index contributed by atoms with van der Waals surface area (Å²) >= 11 is 12.0. The van der Waals surface area contributed by atoms with E-state index in [0.717, 1.165) is 10.9 Å². The van der Waals surface area contributed by atoms with Gasteiger partial charge >= 0.3 is 6.18 Å². The summed E-state index contributed by atoms with van der Waals surface area (Å²) in [6, 6.07) is 5.28. The molecule has 2 heterocycles. The average Bonchev–Trinajstić information content (AvgIpc) is 2.94. The van der Waals surface area contributed by atoms with Crippen LogP contribution in [0.1, 0.15) is 11.3 Å². The first-order valence-corrected chi connectivity index (χ1v) is 6.98. The number of alkyl halides is 3. The third-order valence-corrected chi connectivity index (χ3v) is 4.03. The van der Waals surface area contributed by atoms with Crippen LogP contribution in [0.2, 0.25) is 10.0 Å². The molecule has 10 heteroatoms. The van der Waals surface area contributed by atoms with Gasteiger partial charge in [-0.3, -0.25) is 9.36 Å². The molecule has 1 aromatic carbocycles. The lowest BCUT2D eigenvalue weighted by molar-refractivity contribution is -0.142. The predicted molar refractivity (Wildman–Crippen MR) is 77.8 cm³/mol. The van der Waals surface area contributed by atoms with Crippen LogP contribution in [-0.4, -0.2) is 19.2 Å². The Morgan fingerprint density at radius 3 is 2.65 bits per heavy atom. The van der Waals surface area contributed by atoms with E-state index in [1.54, 1.807) is 18.2 Å². The van der Waals surface area contributed by atoms with Gasteiger partial charge in [-0.1, -0.05) is 35.3 Å². The number of hydrogen-bond donors (Lipinski definition) is 0. The van der Waals surface area contributed by atoms with Crippen molar-refractivity contribution in [2.75, 3.05) is 0 Å². The Labute approximate surface area is 136 Å². The number of hydrogen-bond acceptors (Lipinski definition) is 3. The SMILES string of the molecule is O=c1cc(C(F)(F)F)n2ncnc2n1Cc1cccc(Cl)c1Cl. The molecule has 0 radical (unpaired) electrons. The van der Waals surface area contributed by atoms with Crippen LogP contribution in [0, 0.1) is 0 Å². The second kappa shape index (κ2) is 5.54. The molecule has 2 aromatic heterocycles. The zero-order chi connectivity index (χ0) is 16.8. The molecule has 0 aliphatic rings. The first-order chi connectivity index (χ1) is 10.8. The normalized spacial score (nSPS) is 12.0. The van der Waals surface area contributed by atoms with Crippen LogP contribution >= 0.6 is 23.2 Å². The highest BCUT2D eigenvalue weighted by Gasteiger charge is 2.35. The van der Waals surface area contributed by atoms with Crippen LogP contribution in [0.25, 0.3) is 5.78 Å². The van der Waals surface area contributed by atoms with Crippen molar-refractivity contribution in [3.8, 4) is 0 Å². The molecule has 23 heavy (non-hydrogen) atoms. The molecule has 0 fully saturated rings. The summed E-state index contributed by atoms with van der Waals surface area (Å²) in [6.45, 7) is -0.0848. The third-order valence-electron chi connectivity index (χ3n) is 3.18. The smallest absolute Gasteiger partial charge is 0.272 e. The Balaban J connectivity index is 2.20. The van der Waals surface area contributed by atoms with Gasteiger partial charge in [0.25, 0.3) is 5.56 Å². The van der Waals surface area contributed by atoms with Gasteiger partial charge in [-0.15, -0.1) is 0 Å². The van der Waals surface area contributed by atoms with E-state index in [1.807, 2.05) is 0 Å². The van der Waals surface area contributed by atoms with E-state index >= 15 is 0 Å². The topological polar surface area (TPSA) is 52.2 Å². The Bertz CT molecular complexity index is 949. The van der Waals surface area contributed by atoms with Crippen LogP contribution in [0.15, 0.2) is 35.4 Å². The molecule has 3 rings (SSSR count). The minimum Gasteiger partial charge on any atom is -0.272 e. The molecule has 5 nitrogen and oxygen atoms in total. The fourth-order valence-corrected chi connectivity index (χ4v) is 2.52. The number of fused-ring (bicyclic) bond motifs is 1. The van der Waals surface area contributed by atoms with E-state index in [4.69, 9.17) is 23.2 Å². The zero-order valence-electron chi connectivity index (χ0n) is 11.2. The number of benzene rings is 1. The van der Waals surface area contributed by atoms with E-state index in [-0.39, 0.29) is 22.4 Å². The molecule has 0 saturated heterocycles. The highest BCUT2D eigenvalue weighted by molar-refractivity contribution is 6.42. The summed E-state index contributed by atoms with van der Waals surface area (Å²) in [7, 11) is 0. The first kappa shape index (κ1) is 15.8. The fraction of sp³-hybridized carbons (Fsp3) is 0.154. The molecule has 0 unspecified atom stereocenters. The zero-order valence-corrected chi connectivity index (χ0v) is 12.7. The second-order valence-electron chi connectivity index (χ2n) is 4.64. The van der Waals surface area contributed by atoms with Gasteiger partial charge in [0.05, 0.1) is 16.6 Å². The summed E-state index contributed by atoms with van der Waals surface area (Å²) < 4.78 is 40.5. The molecule has 0 spiro atoms. The van der Waals surface area contributed by atoms with Crippen LogP contribution in [0.5, 0.6) is 0 Å². The van der Waals surface area contributed by atoms with Crippen LogP contribution in [-0.2, 0) is 12.7 Å². The van der Waals surface area contributed by atoms with Crippen molar-refractivity contribution in [1.82, 2.24) is 19.2 Å². The maximum atomic E-state index is 13.0. The van der Waals surface area contributed by atoms with E-state index in [2.05, 4.69) is 10.1 Å². The number of rotatable bonds is 2. The molecular weight excluding hydrogens is 356 g/mol. The number of aromatic nitrogens is 4.